The Morgan fingerprint density at radius 2 is 1.79 bits per heavy atom. The van der Waals surface area contributed by atoms with E-state index in [1.54, 1.807) is 6.08 Å². The van der Waals surface area contributed by atoms with Gasteiger partial charge >= 0.3 is 0 Å². The molecule has 0 aliphatic carbocycles. The minimum atomic E-state index is 1.08. The lowest BCUT2D eigenvalue weighted by Gasteiger charge is -1.94. The number of benzene rings is 1. The molecule has 0 saturated carbocycles. The SMILES string of the molecule is C=C/C=C/C(C=C)=C\c1ccccc1. The molecule has 1 aromatic carbocycles. The standard InChI is InChI=1S/C14H14/c1-3-5-9-13(4-2)12-14-10-7-6-8-11-14/h3-12H,1-2H2/b9-5+,13-12-. The second-order valence-corrected chi connectivity index (χ2v) is 2.85. The Hall–Kier alpha value is -1.82. The van der Waals surface area contributed by atoms with E-state index in [-0.39, 0.29) is 0 Å². The van der Waals surface area contributed by atoms with Crippen molar-refractivity contribution in [1.82, 2.24) is 0 Å². The average Bonchev–Trinajstić information content (AvgIpc) is 2.25. The van der Waals surface area contributed by atoms with Gasteiger partial charge in [0.2, 0.25) is 0 Å². The predicted octanol–water partition coefficient (Wildman–Crippen LogP) is 4.00. The third-order valence-electron chi connectivity index (χ3n) is 1.79. The molecular formula is C14H14. The zero-order valence-corrected chi connectivity index (χ0v) is 8.19. The summed E-state index contributed by atoms with van der Waals surface area (Å²) in [7, 11) is 0. The second-order valence-electron chi connectivity index (χ2n) is 2.85. The van der Waals surface area contributed by atoms with E-state index in [9.17, 15) is 0 Å². The molecule has 1 rings (SSSR count). The van der Waals surface area contributed by atoms with E-state index in [4.69, 9.17) is 0 Å². The van der Waals surface area contributed by atoms with Crippen molar-refractivity contribution in [2.45, 2.75) is 0 Å². The minimum Gasteiger partial charge on any atom is -0.0991 e. The van der Waals surface area contributed by atoms with Gasteiger partial charge in [0.05, 0.1) is 0 Å². The maximum absolute atomic E-state index is 3.76. The second kappa shape index (κ2) is 5.76. The quantitative estimate of drug-likeness (QED) is 0.617. The number of rotatable bonds is 4. The molecule has 0 bridgehead atoms. The van der Waals surface area contributed by atoms with Gasteiger partial charge in [0.1, 0.15) is 0 Å². The predicted molar refractivity (Wildman–Crippen MR) is 64.0 cm³/mol. The van der Waals surface area contributed by atoms with Gasteiger partial charge in [0.15, 0.2) is 0 Å². The summed E-state index contributed by atoms with van der Waals surface area (Å²) >= 11 is 0. The normalized spacial score (nSPS) is 11.6. The van der Waals surface area contributed by atoms with Gasteiger partial charge in [0, 0.05) is 0 Å². The van der Waals surface area contributed by atoms with Crippen LogP contribution in [0.25, 0.3) is 6.08 Å². The number of hydrogen-bond donors (Lipinski definition) is 0. The van der Waals surface area contributed by atoms with E-state index in [1.165, 1.54) is 5.56 Å². The van der Waals surface area contributed by atoms with Crippen molar-refractivity contribution in [2.24, 2.45) is 0 Å². The molecule has 0 spiro atoms. The van der Waals surface area contributed by atoms with Crippen molar-refractivity contribution in [3.05, 3.63) is 78.9 Å². The van der Waals surface area contributed by atoms with Crippen molar-refractivity contribution in [3.8, 4) is 0 Å². The maximum atomic E-state index is 3.76. The zero-order valence-electron chi connectivity index (χ0n) is 8.19. The van der Waals surface area contributed by atoms with Gasteiger partial charge in [-0.3, -0.25) is 0 Å². The lowest BCUT2D eigenvalue weighted by Crippen LogP contribution is -1.73. The molecule has 1 aromatic rings. The third-order valence-corrected chi connectivity index (χ3v) is 1.79. The van der Waals surface area contributed by atoms with Crippen LogP contribution in [0.3, 0.4) is 0 Å². The molecule has 0 heterocycles. The molecule has 0 radical (unpaired) electrons. The molecule has 0 aliphatic heterocycles. The fourth-order valence-electron chi connectivity index (χ4n) is 1.10. The summed E-state index contributed by atoms with van der Waals surface area (Å²) < 4.78 is 0. The molecule has 0 nitrogen and oxygen atoms in total. The highest BCUT2D eigenvalue weighted by Crippen LogP contribution is 2.08. The summed E-state index contributed by atoms with van der Waals surface area (Å²) in [6, 6.07) is 10.2. The van der Waals surface area contributed by atoms with Gasteiger partial charge in [-0.1, -0.05) is 67.8 Å². The van der Waals surface area contributed by atoms with Gasteiger partial charge in [-0.2, -0.15) is 0 Å². The molecule has 0 aliphatic rings. The highest BCUT2D eigenvalue weighted by Gasteiger charge is 1.86. The summed E-state index contributed by atoms with van der Waals surface area (Å²) in [6.07, 6.45) is 9.53. The number of hydrogen-bond acceptors (Lipinski definition) is 0. The Morgan fingerprint density at radius 1 is 1.07 bits per heavy atom. The largest absolute Gasteiger partial charge is 0.0991 e. The molecule has 0 unspecified atom stereocenters. The Morgan fingerprint density at radius 3 is 2.36 bits per heavy atom. The first kappa shape index (κ1) is 10.3. The van der Waals surface area contributed by atoms with Crippen LogP contribution < -0.4 is 0 Å². The topological polar surface area (TPSA) is 0 Å². The van der Waals surface area contributed by atoms with Gasteiger partial charge in [-0.15, -0.1) is 0 Å². The summed E-state index contributed by atoms with van der Waals surface area (Å²) in [5, 5.41) is 0. The van der Waals surface area contributed by atoms with Crippen molar-refractivity contribution in [2.75, 3.05) is 0 Å². The van der Waals surface area contributed by atoms with Crippen LogP contribution in [0.4, 0.5) is 0 Å². The first-order valence-corrected chi connectivity index (χ1v) is 4.55. The van der Waals surface area contributed by atoms with Crippen molar-refractivity contribution >= 4 is 6.08 Å². The fraction of sp³-hybridized carbons (Fsp3) is 0. The van der Waals surface area contributed by atoms with Crippen LogP contribution in [0.5, 0.6) is 0 Å². The molecule has 0 fully saturated rings. The molecule has 0 N–H and O–H groups in total. The molecule has 70 valence electrons. The Kier molecular flexibility index (Phi) is 4.22. The van der Waals surface area contributed by atoms with Gasteiger partial charge in [0.25, 0.3) is 0 Å². The molecule has 14 heavy (non-hydrogen) atoms. The monoisotopic (exact) mass is 182 g/mol. The van der Waals surface area contributed by atoms with Crippen LogP contribution in [0.15, 0.2) is 73.4 Å². The van der Waals surface area contributed by atoms with Crippen molar-refractivity contribution < 1.29 is 0 Å². The smallest absolute Gasteiger partial charge is 0.0251 e. The molecule has 0 saturated heterocycles. The first-order valence-electron chi connectivity index (χ1n) is 4.55. The fourth-order valence-corrected chi connectivity index (χ4v) is 1.10. The van der Waals surface area contributed by atoms with Gasteiger partial charge < -0.3 is 0 Å². The summed E-state index contributed by atoms with van der Waals surface area (Å²) in [6.45, 7) is 7.38. The number of allylic oxidation sites excluding steroid dienone is 5. The molecule has 0 amide bonds. The van der Waals surface area contributed by atoms with Crippen LogP contribution in [-0.2, 0) is 0 Å². The van der Waals surface area contributed by atoms with Gasteiger partial charge in [-0.25, -0.2) is 0 Å². The highest BCUT2D eigenvalue weighted by atomic mass is 13.9. The maximum Gasteiger partial charge on any atom is -0.0251 e. The van der Waals surface area contributed by atoms with E-state index in [0.29, 0.717) is 0 Å². The Balaban J connectivity index is 2.89. The summed E-state index contributed by atoms with van der Waals surface area (Å²) in [5.74, 6) is 0. The Bertz CT molecular complexity index is 353. The highest BCUT2D eigenvalue weighted by molar-refractivity contribution is 5.59. The van der Waals surface area contributed by atoms with E-state index in [2.05, 4.69) is 31.4 Å². The van der Waals surface area contributed by atoms with Crippen LogP contribution in [0.1, 0.15) is 5.56 Å². The summed E-state index contributed by atoms with van der Waals surface area (Å²) in [4.78, 5) is 0. The van der Waals surface area contributed by atoms with Crippen LogP contribution in [0.2, 0.25) is 0 Å². The minimum absolute atomic E-state index is 1.08. The summed E-state index contributed by atoms with van der Waals surface area (Å²) in [5.41, 5.74) is 2.26. The lowest BCUT2D eigenvalue weighted by molar-refractivity contribution is 1.63. The molecule has 0 atom stereocenters. The van der Waals surface area contributed by atoms with Crippen LogP contribution in [0, 0.1) is 0 Å². The van der Waals surface area contributed by atoms with Gasteiger partial charge in [-0.05, 0) is 17.2 Å². The Labute approximate surface area is 85.6 Å². The lowest BCUT2D eigenvalue weighted by atomic mass is 10.1. The van der Waals surface area contributed by atoms with Crippen molar-refractivity contribution in [3.63, 3.8) is 0 Å². The van der Waals surface area contributed by atoms with Crippen LogP contribution in [-0.4, -0.2) is 0 Å². The zero-order chi connectivity index (χ0) is 10.2. The van der Waals surface area contributed by atoms with E-state index in [0.717, 1.165) is 5.57 Å². The van der Waals surface area contributed by atoms with Crippen LogP contribution >= 0.6 is 0 Å². The van der Waals surface area contributed by atoms with E-state index in [1.807, 2.05) is 36.4 Å². The van der Waals surface area contributed by atoms with E-state index >= 15 is 0 Å². The van der Waals surface area contributed by atoms with E-state index < -0.39 is 0 Å². The molecule has 0 aromatic heterocycles. The molecule has 0 heteroatoms. The first-order chi connectivity index (χ1) is 6.86. The average molecular weight is 182 g/mol. The van der Waals surface area contributed by atoms with Crippen molar-refractivity contribution in [1.29, 1.82) is 0 Å². The molecular weight excluding hydrogens is 168 g/mol. The third kappa shape index (κ3) is 3.28.